The highest BCUT2D eigenvalue weighted by molar-refractivity contribution is 6.42. The summed E-state index contributed by atoms with van der Waals surface area (Å²) in [5, 5.41) is 4.78. The second-order valence-electron chi connectivity index (χ2n) is 5.96. The van der Waals surface area contributed by atoms with E-state index in [0.29, 0.717) is 26.9 Å². The van der Waals surface area contributed by atoms with Gasteiger partial charge in [-0.1, -0.05) is 53.1 Å². The summed E-state index contributed by atoms with van der Waals surface area (Å²) in [6.45, 7) is 9.55. The molecule has 2 rings (SSSR count). The topological polar surface area (TPSA) is 60.2 Å². The van der Waals surface area contributed by atoms with Crippen LogP contribution in [0.15, 0.2) is 52.3 Å². The zero-order chi connectivity index (χ0) is 20.0. The summed E-state index contributed by atoms with van der Waals surface area (Å²) in [6, 6.07) is 5.34. The van der Waals surface area contributed by atoms with Crippen molar-refractivity contribution < 1.29 is 14.4 Å². The molecule has 0 spiro atoms. The van der Waals surface area contributed by atoms with Gasteiger partial charge in [-0.3, -0.25) is 9.79 Å². The molecule has 2 atom stereocenters. The van der Waals surface area contributed by atoms with E-state index < -0.39 is 11.8 Å². The van der Waals surface area contributed by atoms with Crippen LogP contribution in [-0.2, 0) is 14.4 Å². The maximum Gasteiger partial charge on any atom is 0.315 e. The normalized spacial score (nSPS) is 19.8. The molecule has 0 amide bonds. The van der Waals surface area contributed by atoms with Crippen LogP contribution in [0.3, 0.4) is 0 Å². The quantitative estimate of drug-likeness (QED) is 0.205. The zero-order valence-corrected chi connectivity index (χ0v) is 17.0. The maximum absolute atomic E-state index is 12.7. The molecule has 7 heteroatoms. The number of esters is 1. The first kappa shape index (κ1) is 21.2. The zero-order valence-electron chi connectivity index (χ0n) is 15.5. The molecule has 1 aromatic rings. The molecular weight excluding hydrogens is 387 g/mol. The van der Waals surface area contributed by atoms with Crippen LogP contribution < -0.4 is 0 Å². The van der Waals surface area contributed by atoms with Crippen LogP contribution in [0, 0.1) is 5.92 Å². The van der Waals surface area contributed by atoms with Gasteiger partial charge in [0.25, 0.3) is 0 Å². The van der Waals surface area contributed by atoms with Crippen molar-refractivity contribution in [1.82, 2.24) is 0 Å². The van der Waals surface area contributed by atoms with Crippen molar-refractivity contribution >= 4 is 41.1 Å². The number of carbonyl (C=O) groups excluding carboxylic acids is 1. The van der Waals surface area contributed by atoms with Crippen LogP contribution in [0.1, 0.15) is 32.3 Å². The minimum atomic E-state index is -0.634. The van der Waals surface area contributed by atoms with Gasteiger partial charge in [-0.05, 0) is 32.4 Å². The molecule has 1 aromatic carbocycles. The van der Waals surface area contributed by atoms with Crippen LogP contribution in [0.25, 0.3) is 0 Å². The van der Waals surface area contributed by atoms with Gasteiger partial charge in [-0.25, -0.2) is 0 Å². The van der Waals surface area contributed by atoms with Crippen molar-refractivity contribution in [3.05, 3.63) is 57.7 Å². The Morgan fingerprint density at radius 1 is 1.37 bits per heavy atom. The first-order valence-corrected chi connectivity index (χ1v) is 9.30. The van der Waals surface area contributed by atoms with E-state index in [1.165, 1.54) is 0 Å². The molecule has 2 unspecified atom stereocenters. The molecule has 1 aliphatic rings. The molecule has 0 bridgehead atoms. The van der Waals surface area contributed by atoms with Gasteiger partial charge >= 0.3 is 5.97 Å². The van der Waals surface area contributed by atoms with Crippen LogP contribution >= 0.6 is 23.2 Å². The average Bonchev–Trinajstić information content (AvgIpc) is 2.62. The molecular formula is C20H22Cl2N2O3. The number of hydrogen-bond acceptors (Lipinski definition) is 5. The maximum atomic E-state index is 12.7. The molecule has 5 nitrogen and oxygen atoms in total. The first-order valence-electron chi connectivity index (χ1n) is 8.55. The van der Waals surface area contributed by atoms with E-state index in [2.05, 4.69) is 16.7 Å². The Labute approximate surface area is 169 Å². The highest BCUT2D eigenvalue weighted by Crippen LogP contribution is 2.43. The summed E-state index contributed by atoms with van der Waals surface area (Å²) in [7, 11) is 0. The number of allylic oxidation sites excluding steroid dienone is 2. The van der Waals surface area contributed by atoms with Gasteiger partial charge in [-0.15, -0.1) is 0 Å². The number of ether oxygens (including phenoxy) is 1. The monoisotopic (exact) mass is 408 g/mol. The Kier molecular flexibility index (Phi) is 7.63. The third-order valence-electron chi connectivity index (χ3n) is 4.20. The second kappa shape index (κ2) is 9.72. The van der Waals surface area contributed by atoms with E-state index >= 15 is 0 Å². The third kappa shape index (κ3) is 4.79. The average molecular weight is 409 g/mol. The van der Waals surface area contributed by atoms with Gasteiger partial charge in [-0.2, -0.15) is 0 Å². The fourth-order valence-corrected chi connectivity index (χ4v) is 3.48. The summed E-state index contributed by atoms with van der Waals surface area (Å²) >= 11 is 12.7. The Bertz CT molecular complexity index is 815. The highest BCUT2D eigenvalue weighted by Gasteiger charge is 2.40. The van der Waals surface area contributed by atoms with Crippen molar-refractivity contribution in [3.63, 3.8) is 0 Å². The van der Waals surface area contributed by atoms with Crippen molar-refractivity contribution in [2.24, 2.45) is 16.1 Å². The van der Waals surface area contributed by atoms with E-state index in [1.54, 1.807) is 38.3 Å². The summed E-state index contributed by atoms with van der Waals surface area (Å²) in [6.07, 6.45) is 3.15. The second-order valence-corrected chi connectivity index (χ2v) is 6.75. The van der Waals surface area contributed by atoms with Crippen molar-refractivity contribution in [1.29, 1.82) is 0 Å². The fraction of sp³-hybridized carbons (Fsp3) is 0.350. The fourth-order valence-electron chi connectivity index (χ4n) is 3.05. The van der Waals surface area contributed by atoms with Gasteiger partial charge in [0.1, 0.15) is 12.5 Å². The molecule has 0 fully saturated rings. The SMILES string of the molecule is C=CCON=CC1=C(C)N=C(C)C(C(=O)OCC)C1c1cccc(Cl)c1Cl. The third-order valence-corrected chi connectivity index (χ3v) is 5.03. The number of carbonyl (C=O) groups is 1. The molecule has 1 aliphatic heterocycles. The molecule has 27 heavy (non-hydrogen) atoms. The largest absolute Gasteiger partial charge is 0.465 e. The van der Waals surface area contributed by atoms with Crippen LogP contribution in [0.5, 0.6) is 0 Å². The summed E-state index contributed by atoms with van der Waals surface area (Å²) in [5.74, 6) is -1.44. The van der Waals surface area contributed by atoms with Gasteiger partial charge in [0, 0.05) is 22.9 Å². The number of oxime groups is 1. The summed E-state index contributed by atoms with van der Waals surface area (Å²) < 4.78 is 5.29. The molecule has 0 aromatic heterocycles. The van der Waals surface area contributed by atoms with E-state index in [4.69, 9.17) is 32.8 Å². The van der Waals surface area contributed by atoms with Crippen LogP contribution in [-0.4, -0.2) is 31.1 Å². The minimum absolute atomic E-state index is 0.271. The van der Waals surface area contributed by atoms with E-state index in [0.717, 1.165) is 5.70 Å². The van der Waals surface area contributed by atoms with Crippen LogP contribution in [0.4, 0.5) is 0 Å². The van der Waals surface area contributed by atoms with Crippen LogP contribution in [0.2, 0.25) is 10.0 Å². The number of benzene rings is 1. The minimum Gasteiger partial charge on any atom is -0.465 e. The molecule has 0 saturated heterocycles. The van der Waals surface area contributed by atoms with Crippen molar-refractivity contribution in [2.45, 2.75) is 26.7 Å². The number of hydrogen-bond donors (Lipinski definition) is 0. The predicted molar refractivity (Wildman–Crippen MR) is 110 cm³/mol. The number of rotatable bonds is 7. The smallest absolute Gasteiger partial charge is 0.315 e. The lowest BCUT2D eigenvalue weighted by Gasteiger charge is -2.31. The lowest BCUT2D eigenvalue weighted by Crippen LogP contribution is -2.34. The molecule has 1 heterocycles. The molecule has 0 radical (unpaired) electrons. The lowest BCUT2D eigenvalue weighted by molar-refractivity contribution is -0.146. The molecule has 144 valence electrons. The molecule has 0 N–H and O–H groups in total. The van der Waals surface area contributed by atoms with Gasteiger partial charge in [0.2, 0.25) is 0 Å². The Morgan fingerprint density at radius 3 is 2.78 bits per heavy atom. The predicted octanol–water partition coefficient (Wildman–Crippen LogP) is 5.19. The van der Waals surface area contributed by atoms with E-state index in [-0.39, 0.29) is 19.2 Å². The summed E-state index contributed by atoms with van der Waals surface area (Å²) in [4.78, 5) is 22.4. The van der Waals surface area contributed by atoms with Crippen molar-refractivity contribution in [3.8, 4) is 0 Å². The molecule has 0 saturated carbocycles. The van der Waals surface area contributed by atoms with Gasteiger partial charge in [0.05, 0.1) is 22.9 Å². The first-order chi connectivity index (χ1) is 12.9. The van der Waals surface area contributed by atoms with Gasteiger partial charge < -0.3 is 9.57 Å². The van der Waals surface area contributed by atoms with E-state index in [1.807, 2.05) is 13.0 Å². The lowest BCUT2D eigenvalue weighted by atomic mass is 9.76. The Hall–Kier alpha value is -2.11. The highest BCUT2D eigenvalue weighted by atomic mass is 35.5. The van der Waals surface area contributed by atoms with Gasteiger partial charge in [0.15, 0.2) is 0 Å². The standard InChI is InChI=1S/C20H22Cl2N2O3/c1-5-10-27-23-11-15-12(3)24-13(4)17(20(25)26-6-2)18(15)14-8-7-9-16(21)19(14)22/h5,7-9,11,17-18H,1,6,10H2,2-4H3. The Balaban J connectivity index is 2.60. The van der Waals surface area contributed by atoms with E-state index in [9.17, 15) is 4.79 Å². The number of halogens is 2. The molecule has 0 aliphatic carbocycles. The van der Waals surface area contributed by atoms with Crippen molar-refractivity contribution in [2.75, 3.05) is 13.2 Å². The summed E-state index contributed by atoms with van der Waals surface area (Å²) in [5.41, 5.74) is 2.80. The Morgan fingerprint density at radius 2 is 2.11 bits per heavy atom. The number of nitrogens with zero attached hydrogens (tertiary/aromatic N) is 2. The number of aliphatic imine (C=N–C) groups is 1.